The van der Waals surface area contributed by atoms with Crippen molar-refractivity contribution in [2.75, 3.05) is 0 Å². The Kier molecular flexibility index (Phi) is 5.24. The highest BCUT2D eigenvalue weighted by molar-refractivity contribution is 6.15. The van der Waals surface area contributed by atoms with E-state index in [0.717, 1.165) is 27.8 Å². The van der Waals surface area contributed by atoms with Crippen LogP contribution in [0.15, 0.2) is 36.4 Å². The van der Waals surface area contributed by atoms with Crippen molar-refractivity contribution < 1.29 is 9.59 Å². The molecule has 1 aliphatic rings. The Labute approximate surface area is 160 Å². The number of aryl methyl sites for hydroxylation is 2. The van der Waals surface area contributed by atoms with Crippen LogP contribution in [0.4, 0.5) is 0 Å². The molecule has 0 heterocycles. The third-order valence-corrected chi connectivity index (χ3v) is 5.17. The SMILES string of the molecule is CC#Cc1cc(C)c(C2C(=O)CC(Cc3ccc(C#N)cc3)C2=O)c(C)c1. The van der Waals surface area contributed by atoms with Crippen LogP contribution in [0.25, 0.3) is 0 Å². The molecule has 2 atom stereocenters. The van der Waals surface area contributed by atoms with Gasteiger partial charge in [-0.3, -0.25) is 9.59 Å². The Morgan fingerprint density at radius 3 is 2.22 bits per heavy atom. The Morgan fingerprint density at radius 2 is 1.67 bits per heavy atom. The maximum Gasteiger partial charge on any atom is 0.151 e. The molecule has 2 unspecified atom stereocenters. The van der Waals surface area contributed by atoms with E-state index in [1.165, 1.54) is 0 Å². The van der Waals surface area contributed by atoms with E-state index in [1.54, 1.807) is 19.1 Å². The molecule has 0 aromatic heterocycles. The summed E-state index contributed by atoms with van der Waals surface area (Å²) in [5, 5.41) is 8.90. The summed E-state index contributed by atoms with van der Waals surface area (Å²) in [5.41, 5.74) is 5.20. The minimum atomic E-state index is -0.669. The second-order valence-electron chi connectivity index (χ2n) is 7.11. The molecule has 0 aliphatic heterocycles. The predicted octanol–water partition coefficient (Wildman–Crippen LogP) is 4.03. The highest BCUT2D eigenvalue weighted by Gasteiger charge is 2.43. The minimum Gasteiger partial charge on any atom is -0.298 e. The summed E-state index contributed by atoms with van der Waals surface area (Å²) in [6, 6.07) is 13.2. The topological polar surface area (TPSA) is 57.9 Å². The number of nitrogens with zero attached hydrogens (tertiary/aromatic N) is 1. The average molecular weight is 355 g/mol. The summed E-state index contributed by atoms with van der Waals surface area (Å²) < 4.78 is 0. The van der Waals surface area contributed by atoms with Crippen molar-refractivity contribution in [2.45, 2.75) is 39.5 Å². The first kappa shape index (κ1) is 18.6. The van der Waals surface area contributed by atoms with Crippen LogP contribution < -0.4 is 0 Å². The molecule has 1 aliphatic carbocycles. The molecule has 134 valence electrons. The lowest BCUT2D eigenvalue weighted by Gasteiger charge is -2.16. The van der Waals surface area contributed by atoms with Gasteiger partial charge in [0.05, 0.1) is 11.6 Å². The lowest BCUT2D eigenvalue weighted by molar-refractivity contribution is -0.124. The van der Waals surface area contributed by atoms with Gasteiger partial charge in [-0.15, -0.1) is 5.92 Å². The van der Waals surface area contributed by atoms with Gasteiger partial charge in [-0.2, -0.15) is 5.26 Å². The quantitative estimate of drug-likeness (QED) is 0.617. The molecular weight excluding hydrogens is 334 g/mol. The third-order valence-electron chi connectivity index (χ3n) is 5.17. The van der Waals surface area contributed by atoms with Gasteiger partial charge < -0.3 is 0 Å². The molecule has 2 aromatic carbocycles. The van der Waals surface area contributed by atoms with E-state index >= 15 is 0 Å². The summed E-state index contributed by atoms with van der Waals surface area (Å²) in [6.45, 7) is 5.67. The largest absolute Gasteiger partial charge is 0.298 e. The van der Waals surface area contributed by atoms with E-state index in [9.17, 15) is 9.59 Å². The number of carbonyl (C=O) groups is 2. The summed E-state index contributed by atoms with van der Waals surface area (Å²) in [7, 11) is 0. The average Bonchev–Trinajstić information content (AvgIpc) is 2.90. The normalized spacial score (nSPS) is 18.7. The van der Waals surface area contributed by atoms with E-state index in [-0.39, 0.29) is 23.9 Å². The van der Waals surface area contributed by atoms with Gasteiger partial charge >= 0.3 is 0 Å². The van der Waals surface area contributed by atoms with Crippen molar-refractivity contribution in [1.29, 1.82) is 5.26 Å². The molecule has 0 radical (unpaired) electrons. The standard InChI is InChI=1S/C24H21NO2/c1-4-5-19-10-15(2)22(16(3)11-19)23-21(26)13-20(24(23)27)12-17-6-8-18(14-25)9-7-17/h6-11,20,23H,12-13H2,1-3H3. The molecule has 1 fully saturated rings. The molecule has 27 heavy (non-hydrogen) atoms. The van der Waals surface area contributed by atoms with Crippen LogP contribution in [-0.4, -0.2) is 11.6 Å². The number of Topliss-reactive ketones (excluding diaryl/α,β-unsaturated/α-hetero) is 2. The summed E-state index contributed by atoms with van der Waals surface area (Å²) in [5.74, 6) is 4.95. The smallest absolute Gasteiger partial charge is 0.151 e. The zero-order chi connectivity index (χ0) is 19.6. The number of benzene rings is 2. The Bertz CT molecular complexity index is 990. The van der Waals surface area contributed by atoms with Crippen molar-refractivity contribution in [3.8, 4) is 17.9 Å². The highest BCUT2D eigenvalue weighted by Crippen LogP contribution is 2.37. The molecule has 3 rings (SSSR count). The molecule has 0 spiro atoms. The van der Waals surface area contributed by atoms with Crippen LogP contribution in [0.5, 0.6) is 0 Å². The Morgan fingerprint density at radius 1 is 1.04 bits per heavy atom. The summed E-state index contributed by atoms with van der Waals surface area (Å²) in [6.07, 6.45) is 0.809. The van der Waals surface area contributed by atoms with Crippen molar-refractivity contribution in [1.82, 2.24) is 0 Å². The van der Waals surface area contributed by atoms with Crippen molar-refractivity contribution >= 4 is 11.6 Å². The fourth-order valence-electron chi connectivity index (χ4n) is 3.98. The summed E-state index contributed by atoms with van der Waals surface area (Å²) >= 11 is 0. The van der Waals surface area contributed by atoms with Crippen molar-refractivity contribution in [3.05, 3.63) is 69.8 Å². The van der Waals surface area contributed by atoms with Crippen LogP contribution in [0.3, 0.4) is 0 Å². The fraction of sp³-hybridized carbons (Fsp3) is 0.292. The van der Waals surface area contributed by atoms with Gasteiger partial charge in [0.1, 0.15) is 11.7 Å². The molecule has 0 bridgehead atoms. The molecule has 3 heteroatoms. The summed E-state index contributed by atoms with van der Waals surface area (Å²) in [4.78, 5) is 25.8. The van der Waals surface area contributed by atoms with Gasteiger partial charge in [-0.05, 0) is 73.7 Å². The monoisotopic (exact) mass is 355 g/mol. The van der Waals surface area contributed by atoms with Crippen LogP contribution in [0, 0.1) is 42.9 Å². The maximum atomic E-state index is 13.1. The van der Waals surface area contributed by atoms with Gasteiger partial charge in [-0.1, -0.05) is 18.1 Å². The number of hydrogen-bond donors (Lipinski definition) is 0. The van der Waals surface area contributed by atoms with E-state index in [2.05, 4.69) is 17.9 Å². The van der Waals surface area contributed by atoms with E-state index in [0.29, 0.717) is 12.0 Å². The van der Waals surface area contributed by atoms with Crippen molar-refractivity contribution in [3.63, 3.8) is 0 Å². The van der Waals surface area contributed by atoms with Crippen molar-refractivity contribution in [2.24, 2.45) is 5.92 Å². The van der Waals surface area contributed by atoms with Gasteiger partial charge in [-0.25, -0.2) is 0 Å². The Hall–Kier alpha value is -3.17. The van der Waals surface area contributed by atoms with E-state index in [1.807, 2.05) is 38.1 Å². The predicted molar refractivity (Wildman–Crippen MR) is 104 cm³/mol. The van der Waals surface area contributed by atoms with Crippen LogP contribution in [-0.2, 0) is 16.0 Å². The number of rotatable bonds is 3. The zero-order valence-electron chi connectivity index (χ0n) is 15.8. The van der Waals surface area contributed by atoms with Crippen LogP contribution in [0.2, 0.25) is 0 Å². The molecular formula is C24H21NO2. The number of nitriles is 1. The van der Waals surface area contributed by atoms with E-state index < -0.39 is 5.92 Å². The van der Waals surface area contributed by atoms with Crippen LogP contribution in [0.1, 0.15) is 52.6 Å². The van der Waals surface area contributed by atoms with Crippen LogP contribution >= 0.6 is 0 Å². The van der Waals surface area contributed by atoms with E-state index in [4.69, 9.17) is 5.26 Å². The second-order valence-corrected chi connectivity index (χ2v) is 7.11. The number of ketones is 2. The molecule has 3 nitrogen and oxygen atoms in total. The minimum absolute atomic E-state index is 0.000768. The van der Waals surface area contributed by atoms with Gasteiger partial charge in [0.2, 0.25) is 0 Å². The first-order valence-corrected chi connectivity index (χ1v) is 9.04. The molecule has 0 amide bonds. The third kappa shape index (κ3) is 3.69. The number of hydrogen-bond acceptors (Lipinski definition) is 3. The van der Waals surface area contributed by atoms with Gasteiger partial charge in [0.25, 0.3) is 0 Å². The second kappa shape index (κ2) is 7.60. The molecule has 2 aromatic rings. The van der Waals surface area contributed by atoms with Gasteiger partial charge in [0.15, 0.2) is 5.78 Å². The molecule has 0 N–H and O–H groups in total. The lowest BCUT2D eigenvalue weighted by atomic mass is 9.85. The first-order chi connectivity index (χ1) is 12.9. The zero-order valence-corrected chi connectivity index (χ0v) is 15.8. The Balaban J connectivity index is 1.88. The molecule has 1 saturated carbocycles. The lowest BCUT2D eigenvalue weighted by Crippen LogP contribution is -2.18. The maximum absolute atomic E-state index is 13.1. The first-order valence-electron chi connectivity index (χ1n) is 9.04. The highest BCUT2D eigenvalue weighted by atomic mass is 16.2. The fourth-order valence-corrected chi connectivity index (χ4v) is 3.98. The van der Waals surface area contributed by atoms with Gasteiger partial charge in [0, 0.05) is 17.9 Å². The molecule has 0 saturated heterocycles. The number of carbonyl (C=O) groups excluding carboxylic acids is 2.